The molecule has 2 aromatic carbocycles. The predicted octanol–water partition coefficient (Wildman–Crippen LogP) is 2.76. The lowest BCUT2D eigenvalue weighted by molar-refractivity contribution is -0.141. The van der Waals surface area contributed by atoms with Gasteiger partial charge in [-0.2, -0.15) is 0 Å². The highest BCUT2D eigenvalue weighted by Gasteiger charge is 2.19. The topological polar surface area (TPSA) is 75.6 Å². The molecule has 0 fully saturated rings. The van der Waals surface area contributed by atoms with Crippen LogP contribution in [0.2, 0.25) is 0 Å². The van der Waals surface area contributed by atoms with Crippen LogP contribution >= 0.6 is 0 Å². The molecule has 1 amide bonds. The molecular weight excluding hydrogens is 294 g/mol. The number of carboxylic acids is 1. The lowest BCUT2D eigenvalue weighted by atomic mass is 10.0. The molecule has 0 aliphatic carbocycles. The molecule has 0 aliphatic heterocycles. The molecule has 0 saturated carbocycles. The third-order valence-corrected chi connectivity index (χ3v) is 3.74. The first-order valence-corrected chi connectivity index (χ1v) is 7.63. The lowest BCUT2D eigenvalue weighted by Gasteiger charge is -2.14. The van der Waals surface area contributed by atoms with Crippen LogP contribution in [0.25, 0.3) is 10.8 Å². The molecule has 2 rings (SSSR count). The van der Waals surface area contributed by atoms with Gasteiger partial charge >= 0.3 is 5.97 Å². The van der Waals surface area contributed by atoms with E-state index in [0.717, 1.165) is 22.1 Å². The van der Waals surface area contributed by atoms with Gasteiger partial charge in [-0.15, -0.1) is 0 Å². The van der Waals surface area contributed by atoms with E-state index in [9.17, 15) is 9.59 Å². The molecule has 1 unspecified atom stereocenters. The number of aliphatic carboxylic acids is 1. The summed E-state index contributed by atoms with van der Waals surface area (Å²) in [6.45, 7) is 1.89. The number of carbonyl (C=O) groups is 2. The Morgan fingerprint density at radius 2 is 2.04 bits per heavy atom. The predicted molar refractivity (Wildman–Crippen MR) is 88.7 cm³/mol. The van der Waals surface area contributed by atoms with E-state index in [1.54, 1.807) is 7.11 Å². The van der Waals surface area contributed by atoms with Crippen molar-refractivity contribution >= 4 is 22.6 Å². The van der Waals surface area contributed by atoms with Gasteiger partial charge in [0.15, 0.2) is 0 Å². The van der Waals surface area contributed by atoms with Crippen LogP contribution in [0.5, 0.6) is 5.75 Å². The van der Waals surface area contributed by atoms with Crippen molar-refractivity contribution in [3.8, 4) is 5.75 Å². The molecule has 0 radical (unpaired) electrons. The van der Waals surface area contributed by atoms with Gasteiger partial charge in [0.1, 0.15) is 11.8 Å². The maximum Gasteiger partial charge on any atom is 0.326 e. The Labute approximate surface area is 135 Å². The number of fused-ring (bicyclic) bond motifs is 1. The summed E-state index contributed by atoms with van der Waals surface area (Å²) in [4.78, 5) is 23.3. The van der Waals surface area contributed by atoms with E-state index in [1.165, 1.54) is 0 Å². The summed E-state index contributed by atoms with van der Waals surface area (Å²) in [6.07, 6.45) is 1.26. The van der Waals surface area contributed by atoms with Gasteiger partial charge in [-0.3, -0.25) is 4.79 Å². The summed E-state index contributed by atoms with van der Waals surface area (Å²) in [5, 5.41) is 13.7. The highest BCUT2D eigenvalue weighted by atomic mass is 16.5. The Hall–Kier alpha value is -2.56. The first kappa shape index (κ1) is 16.8. The Bertz CT molecular complexity index is 711. The van der Waals surface area contributed by atoms with Crippen LogP contribution in [0.15, 0.2) is 36.4 Å². The zero-order valence-electron chi connectivity index (χ0n) is 13.3. The number of hydrogen-bond acceptors (Lipinski definition) is 3. The molecule has 2 N–H and O–H groups in total. The molecule has 1 atom stereocenters. The second kappa shape index (κ2) is 7.63. The van der Waals surface area contributed by atoms with Crippen molar-refractivity contribution in [1.29, 1.82) is 0 Å². The standard InChI is InChI=1S/C18H21NO4/c1-3-5-16(18(21)22)19-17(20)10-13-7-4-6-12-8-9-14(23-2)11-15(12)13/h4,6-9,11,16H,3,5,10H2,1-2H3,(H,19,20)(H,21,22). The molecular formula is C18H21NO4. The lowest BCUT2D eigenvalue weighted by Crippen LogP contribution is -2.41. The quantitative estimate of drug-likeness (QED) is 0.824. The maximum atomic E-state index is 12.2. The van der Waals surface area contributed by atoms with E-state index in [-0.39, 0.29) is 12.3 Å². The number of nitrogens with one attached hydrogen (secondary N) is 1. The molecule has 5 heteroatoms. The molecule has 0 heterocycles. The van der Waals surface area contributed by atoms with Gasteiger partial charge < -0.3 is 15.2 Å². The number of ether oxygens (including phenoxy) is 1. The number of rotatable bonds is 7. The molecule has 0 aromatic heterocycles. The van der Waals surface area contributed by atoms with E-state index in [0.29, 0.717) is 12.8 Å². The first-order valence-electron chi connectivity index (χ1n) is 7.63. The summed E-state index contributed by atoms with van der Waals surface area (Å²) in [5.74, 6) is -0.569. The maximum absolute atomic E-state index is 12.2. The van der Waals surface area contributed by atoms with Crippen LogP contribution < -0.4 is 10.1 Å². The van der Waals surface area contributed by atoms with Gasteiger partial charge in [0, 0.05) is 0 Å². The smallest absolute Gasteiger partial charge is 0.326 e. The van der Waals surface area contributed by atoms with E-state index < -0.39 is 12.0 Å². The largest absolute Gasteiger partial charge is 0.497 e. The summed E-state index contributed by atoms with van der Waals surface area (Å²) in [6, 6.07) is 10.6. The highest BCUT2D eigenvalue weighted by Crippen LogP contribution is 2.24. The van der Waals surface area contributed by atoms with Gasteiger partial charge in [-0.25, -0.2) is 4.79 Å². The zero-order chi connectivity index (χ0) is 16.8. The second-order valence-corrected chi connectivity index (χ2v) is 5.43. The van der Waals surface area contributed by atoms with Gasteiger partial charge in [-0.05, 0) is 34.9 Å². The van der Waals surface area contributed by atoms with Gasteiger partial charge in [0.2, 0.25) is 5.91 Å². The summed E-state index contributed by atoms with van der Waals surface area (Å²) >= 11 is 0. The van der Waals surface area contributed by atoms with Crippen LogP contribution in [-0.2, 0) is 16.0 Å². The Morgan fingerprint density at radius 1 is 1.26 bits per heavy atom. The van der Waals surface area contributed by atoms with Crippen LogP contribution in [0.3, 0.4) is 0 Å². The molecule has 23 heavy (non-hydrogen) atoms. The molecule has 0 aliphatic rings. The minimum Gasteiger partial charge on any atom is -0.497 e. The number of methoxy groups -OCH3 is 1. The highest BCUT2D eigenvalue weighted by molar-refractivity contribution is 5.92. The Kier molecular flexibility index (Phi) is 5.57. The van der Waals surface area contributed by atoms with Crippen molar-refractivity contribution in [2.75, 3.05) is 7.11 Å². The molecule has 122 valence electrons. The SMILES string of the molecule is CCCC(NC(=O)Cc1cccc2ccc(OC)cc12)C(=O)O. The van der Waals surface area contributed by atoms with Gasteiger partial charge in [-0.1, -0.05) is 37.6 Å². The normalized spacial score (nSPS) is 11.9. The molecule has 0 bridgehead atoms. The summed E-state index contributed by atoms with van der Waals surface area (Å²) in [7, 11) is 1.60. The fourth-order valence-corrected chi connectivity index (χ4v) is 2.56. The van der Waals surface area contributed by atoms with Crippen molar-refractivity contribution in [3.05, 3.63) is 42.0 Å². The zero-order valence-corrected chi connectivity index (χ0v) is 13.3. The Morgan fingerprint density at radius 3 is 2.70 bits per heavy atom. The molecule has 5 nitrogen and oxygen atoms in total. The summed E-state index contributed by atoms with van der Waals surface area (Å²) < 4.78 is 5.23. The van der Waals surface area contributed by atoms with Crippen LogP contribution in [0.1, 0.15) is 25.3 Å². The fraction of sp³-hybridized carbons (Fsp3) is 0.333. The van der Waals surface area contributed by atoms with E-state index in [2.05, 4.69) is 5.32 Å². The van der Waals surface area contributed by atoms with E-state index >= 15 is 0 Å². The number of hydrogen-bond donors (Lipinski definition) is 2. The van der Waals surface area contributed by atoms with Crippen LogP contribution in [-0.4, -0.2) is 30.1 Å². The second-order valence-electron chi connectivity index (χ2n) is 5.43. The number of amides is 1. The van der Waals surface area contributed by atoms with E-state index in [1.807, 2.05) is 43.3 Å². The van der Waals surface area contributed by atoms with Gasteiger partial charge in [0.25, 0.3) is 0 Å². The Balaban J connectivity index is 2.20. The van der Waals surface area contributed by atoms with Gasteiger partial charge in [0.05, 0.1) is 13.5 Å². The van der Waals surface area contributed by atoms with Crippen molar-refractivity contribution in [3.63, 3.8) is 0 Å². The average Bonchev–Trinajstić information content (AvgIpc) is 2.54. The fourth-order valence-electron chi connectivity index (χ4n) is 2.56. The molecule has 0 spiro atoms. The van der Waals surface area contributed by atoms with Crippen LogP contribution in [0.4, 0.5) is 0 Å². The van der Waals surface area contributed by atoms with Crippen molar-refractivity contribution in [2.45, 2.75) is 32.2 Å². The minimum absolute atomic E-state index is 0.137. The van der Waals surface area contributed by atoms with E-state index in [4.69, 9.17) is 9.84 Å². The third kappa shape index (κ3) is 4.22. The number of carbonyl (C=O) groups excluding carboxylic acids is 1. The van der Waals surface area contributed by atoms with Crippen LogP contribution in [0, 0.1) is 0 Å². The molecule has 0 saturated heterocycles. The third-order valence-electron chi connectivity index (χ3n) is 3.74. The van der Waals surface area contributed by atoms with Crippen molar-refractivity contribution in [2.24, 2.45) is 0 Å². The monoisotopic (exact) mass is 315 g/mol. The number of carboxylic acid groups (broad SMARTS) is 1. The average molecular weight is 315 g/mol. The first-order chi connectivity index (χ1) is 11.0. The van der Waals surface area contributed by atoms with Crippen molar-refractivity contribution < 1.29 is 19.4 Å². The summed E-state index contributed by atoms with van der Waals surface area (Å²) in [5.41, 5.74) is 0.847. The number of benzene rings is 2. The minimum atomic E-state index is -1.00. The molecule has 2 aromatic rings. The van der Waals surface area contributed by atoms with Crippen molar-refractivity contribution in [1.82, 2.24) is 5.32 Å².